The van der Waals surface area contributed by atoms with E-state index in [4.69, 9.17) is 14.2 Å². The first kappa shape index (κ1) is 17.6. The molecule has 0 fully saturated rings. The van der Waals surface area contributed by atoms with Crippen molar-refractivity contribution in [2.75, 3.05) is 21.3 Å². The number of rotatable bonds is 8. The lowest BCUT2D eigenvalue weighted by atomic mass is 9.99. The Bertz CT molecular complexity index is 421. The van der Waals surface area contributed by atoms with E-state index >= 15 is 0 Å². The van der Waals surface area contributed by atoms with Crippen LogP contribution in [0.5, 0.6) is 17.2 Å². The molecule has 1 aromatic carbocycles. The van der Waals surface area contributed by atoms with Crippen molar-refractivity contribution in [1.82, 2.24) is 5.32 Å². The molecule has 0 radical (unpaired) electrons. The highest BCUT2D eigenvalue weighted by atomic mass is 16.5. The molecule has 2 atom stereocenters. The minimum Gasteiger partial charge on any atom is -0.493 e. The van der Waals surface area contributed by atoms with E-state index in [1.807, 2.05) is 12.1 Å². The van der Waals surface area contributed by atoms with Crippen LogP contribution in [0.15, 0.2) is 12.1 Å². The van der Waals surface area contributed by atoms with E-state index in [0.29, 0.717) is 29.2 Å². The number of methoxy groups -OCH3 is 3. The summed E-state index contributed by atoms with van der Waals surface area (Å²) in [6.45, 7) is 8.84. The van der Waals surface area contributed by atoms with Crippen LogP contribution in [0.4, 0.5) is 0 Å². The highest BCUT2D eigenvalue weighted by Gasteiger charge is 2.19. The lowest BCUT2D eigenvalue weighted by Gasteiger charge is -2.26. The van der Waals surface area contributed by atoms with E-state index in [-0.39, 0.29) is 6.04 Å². The number of ether oxygens (including phenoxy) is 3. The van der Waals surface area contributed by atoms with Gasteiger partial charge < -0.3 is 19.5 Å². The zero-order valence-corrected chi connectivity index (χ0v) is 14.3. The van der Waals surface area contributed by atoms with Gasteiger partial charge in [0.25, 0.3) is 0 Å². The summed E-state index contributed by atoms with van der Waals surface area (Å²) in [6, 6.07) is 4.71. The molecule has 0 heterocycles. The minimum atomic E-state index is 0.214. The molecule has 4 heteroatoms. The molecule has 0 aliphatic heterocycles. The molecular formula is C17H29NO3. The molecule has 21 heavy (non-hydrogen) atoms. The maximum atomic E-state index is 5.42. The summed E-state index contributed by atoms with van der Waals surface area (Å²) >= 11 is 0. The van der Waals surface area contributed by atoms with Crippen LogP contribution >= 0.6 is 0 Å². The van der Waals surface area contributed by atoms with E-state index in [1.165, 1.54) is 0 Å². The summed E-state index contributed by atoms with van der Waals surface area (Å²) in [5.41, 5.74) is 1.13. The van der Waals surface area contributed by atoms with Gasteiger partial charge in [-0.2, -0.15) is 0 Å². The highest BCUT2D eigenvalue weighted by Crippen LogP contribution is 2.39. The van der Waals surface area contributed by atoms with Crippen molar-refractivity contribution in [3.63, 3.8) is 0 Å². The average Bonchev–Trinajstić information content (AvgIpc) is 2.50. The van der Waals surface area contributed by atoms with Crippen LogP contribution in [0.3, 0.4) is 0 Å². The number of nitrogens with one attached hydrogen (secondary N) is 1. The van der Waals surface area contributed by atoms with Gasteiger partial charge in [-0.05, 0) is 37.0 Å². The van der Waals surface area contributed by atoms with Gasteiger partial charge in [-0.15, -0.1) is 0 Å². The number of benzene rings is 1. The average molecular weight is 295 g/mol. The van der Waals surface area contributed by atoms with Crippen LogP contribution in [0.2, 0.25) is 0 Å². The third-order valence-electron chi connectivity index (χ3n) is 3.90. The fourth-order valence-electron chi connectivity index (χ4n) is 2.55. The molecule has 0 spiro atoms. The van der Waals surface area contributed by atoms with Crippen LogP contribution in [0.1, 0.15) is 45.7 Å². The Morgan fingerprint density at radius 3 is 1.81 bits per heavy atom. The fourth-order valence-corrected chi connectivity index (χ4v) is 2.55. The summed E-state index contributed by atoms with van der Waals surface area (Å²) in [5, 5.41) is 3.67. The van der Waals surface area contributed by atoms with E-state index < -0.39 is 0 Å². The second-order valence-corrected chi connectivity index (χ2v) is 5.61. The van der Waals surface area contributed by atoms with Crippen molar-refractivity contribution < 1.29 is 14.2 Å². The Hall–Kier alpha value is -1.42. The summed E-state index contributed by atoms with van der Waals surface area (Å²) < 4.78 is 16.2. The lowest BCUT2D eigenvalue weighted by Crippen LogP contribution is -2.35. The predicted molar refractivity (Wildman–Crippen MR) is 86.6 cm³/mol. The molecule has 0 aromatic heterocycles. The third-order valence-corrected chi connectivity index (χ3v) is 3.90. The maximum Gasteiger partial charge on any atom is 0.203 e. The van der Waals surface area contributed by atoms with Crippen molar-refractivity contribution in [2.24, 2.45) is 5.92 Å². The van der Waals surface area contributed by atoms with Gasteiger partial charge >= 0.3 is 0 Å². The molecule has 1 rings (SSSR count). The summed E-state index contributed by atoms with van der Waals surface area (Å²) in [6.07, 6.45) is 1.10. The second-order valence-electron chi connectivity index (χ2n) is 5.61. The zero-order chi connectivity index (χ0) is 16.0. The lowest BCUT2D eigenvalue weighted by molar-refractivity contribution is 0.320. The molecule has 0 saturated heterocycles. The topological polar surface area (TPSA) is 39.7 Å². The Kier molecular flexibility index (Phi) is 6.82. The third kappa shape index (κ3) is 4.27. The first-order valence-electron chi connectivity index (χ1n) is 7.54. The van der Waals surface area contributed by atoms with E-state index in [2.05, 4.69) is 33.0 Å². The largest absolute Gasteiger partial charge is 0.493 e. The molecule has 0 saturated carbocycles. The van der Waals surface area contributed by atoms with E-state index in [9.17, 15) is 0 Å². The van der Waals surface area contributed by atoms with Gasteiger partial charge in [-0.25, -0.2) is 0 Å². The first-order chi connectivity index (χ1) is 9.98. The van der Waals surface area contributed by atoms with Crippen LogP contribution in [-0.4, -0.2) is 27.4 Å². The summed E-state index contributed by atoms with van der Waals surface area (Å²) in [4.78, 5) is 0. The van der Waals surface area contributed by atoms with Gasteiger partial charge in [0.05, 0.1) is 21.3 Å². The molecule has 0 aliphatic carbocycles. The first-order valence-corrected chi connectivity index (χ1v) is 7.54. The van der Waals surface area contributed by atoms with Crippen molar-refractivity contribution in [3.05, 3.63) is 17.7 Å². The van der Waals surface area contributed by atoms with Crippen molar-refractivity contribution in [3.8, 4) is 17.2 Å². The number of hydrogen-bond donors (Lipinski definition) is 1. The summed E-state index contributed by atoms with van der Waals surface area (Å²) in [5.74, 6) is 2.61. The summed E-state index contributed by atoms with van der Waals surface area (Å²) in [7, 11) is 4.90. The van der Waals surface area contributed by atoms with E-state index in [1.54, 1.807) is 21.3 Å². The van der Waals surface area contributed by atoms with Gasteiger partial charge in [0.2, 0.25) is 5.75 Å². The Labute approximate surface area is 128 Å². The molecule has 0 aliphatic rings. The molecule has 1 aromatic rings. The van der Waals surface area contributed by atoms with Gasteiger partial charge in [0.1, 0.15) is 0 Å². The molecule has 120 valence electrons. The monoisotopic (exact) mass is 295 g/mol. The maximum absolute atomic E-state index is 5.42. The van der Waals surface area contributed by atoms with Crippen molar-refractivity contribution in [2.45, 2.75) is 46.2 Å². The Balaban J connectivity index is 3.06. The second kappa shape index (κ2) is 8.13. The van der Waals surface area contributed by atoms with Crippen LogP contribution < -0.4 is 19.5 Å². The molecule has 4 nitrogen and oxygen atoms in total. The molecule has 0 bridgehead atoms. The van der Waals surface area contributed by atoms with Crippen molar-refractivity contribution in [1.29, 1.82) is 0 Å². The standard InChI is InChI=1S/C17H29NO3/c1-8-14(11(2)3)18-12(4)13-9-15(19-5)17(21-7)16(10-13)20-6/h9-12,14,18H,8H2,1-7H3. The van der Waals surface area contributed by atoms with Gasteiger partial charge in [0, 0.05) is 12.1 Å². The van der Waals surface area contributed by atoms with Crippen LogP contribution in [-0.2, 0) is 0 Å². The van der Waals surface area contributed by atoms with Crippen LogP contribution in [0.25, 0.3) is 0 Å². The quantitative estimate of drug-likeness (QED) is 0.792. The smallest absolute Gasteiger partial charge is 0.203 e. The van der Waals surface area contributed by atoms with Crippen molar-refractivity contribution >= 4 is 0 Å². The van der Waals surface area contributed by atoms with Gasteiger partial charge in [-0.1, -0.05) is 20.8 Å². The Morgan fingerprint density at radius 1 is 0.952 bits per heavy atom. The van der Waals surface area contributed by atoms with Gasteiger partial charge in [0.15, 0.2) is 11.5 Å². The molecule has 0 amide bonds. The van der Waals surface area contributed by atoms with E-state index in [0.717, 1.165) is 12.0 Å². The highest BCUT2D eigenvalue weighted by molar-refractivity contribution is 5.54. The zero-order valence-electron chi connectivity index (χ0n) is 14.3. The van der Waals surface area contributed by atoms with Gasteiger partial charge in [-0.3, -0.25) is 0 Å². The molecule has 1 N–H and O–H groups in total. The fraction of sp³-hybridized carbons (Fsp3) is 0.647. The molecular weight excluding hydrogens is 266 g/mol. The Morgan fingerprint density at radius 2 is 1.48 bits per heavy atom. The normalized spacial score (nSPS) is 13.9. The van der Waals surface area contributed by atoms with Crippen LogP contribution in [0, 0.1) is 5.92 Å². The predicted octanol–water partition coefficient (Wildman–Crippen LogP) is 3.80. The molecule has 2 unspecified atom stereocenters. The minimum absolute atomic E-state index is 0.214. The number of hydrogen-bond acceptors (Lipinski definition) is 4. The SMILES string of the molecule is CCC(NC(C)c1cc(OC)c(OC)c(OC)c1)C(C)C.